The molecule has 1 amide bonds. The maximum atomic E-state index is 12.6. The predicted molar refractivity (Wildman–Crippen MR) is 118 cm³/mol. The molecule has 0 unspecified atom stereocenters. The van der Waals surface area contributed by atoms with E-state index in [2.05, 4.69) is 5.32 Å². The van der Waals surface area contributed by atoms with Crippen molar-refractivity contribution in [2.24, 2.45) is 0 Å². The fraction of sp³-hybridized carbons (Fsp3) is 0.120. The monoisotopic (exact) mass is 399 g/mol. The van der Waals surface area contributed by atoms with E-state index < -0.39 is 0 Å². The zero-order chi connectivity index (χ0) is 20.9. The van der Waals surface area contributed by atoms with Gasteiger partial charge < -0.3 is 14.5 Å². The molecule has 0 radical (unpaired) electrons. The minimum Gasteiger partial charge on any atom is -0.464 e. The zero-order valence-corrected chi connectivity index (χ0v) is 16.6. The van der Waals surface area contributed by atoms with Crippen molar-refractivity contribution < 1.29 is 18.7 Å². The Labute approximate surface area is 173 Å². The van der Waals surface area contributed by atoms with E-state index in [9.17, 15) is 9.59 Å². The minimum atomic E-state index is -0.380. The van der Waals surface area contributed by atoms with Crippen molar-refractivity contribution in [2.45, 2.75) is 13.3 Å². The van der Waals surface area contributed by atoms with Gasteiger partial charge in [0.05, 0.1) is 19.3 Å². The molecule has 0 spiro atoms. The van der Waals surface area contributed by atoms with Gasteiger partial charge in [-0.3, -0.25) is 4.79 Å². The number of benzene rings is 3. The Hall–Kier alpha value is -3.86. The predicted octanol–water partition coefficient (Wildman–Crippen LogP) is 5.34. The first-order chi connectivity index (χ1) is 14.6. The van der Waals surface area contributed by atoms with Crippen molar-refractivity contribution in [3.63, 3.8) is 0 Å². The number of carbonyl (C=O) groups excluding carboxylic acids is 2. The van der Waals surface area contributed by atoms with E-state index in [-0.39, 0.29) is 18.3 Å². The van der Waals surface area contributed by atoms with E-state index in [0.29, 0.717) is 12.3 Å². The van der Waals surface area contributed by atoms with Gasteiger partial charge in [-0.2, -0.15) is 0 Å². The van der Waals surface area contributed by atoms with Crippen LogP contribution < -0.4 is 5.32 Å². The van der Waals surface area contributed by atoms with Gasteiger partial charge in [0.15, 0.2) is 0 Å². The summed E-state index contributed by atoms with van der Waals surface area (Å²) in [4.78, 5) is 24.0. The van der Waals surface area contributed by atoms with Crippen molar-refractivity contribution in [1.82, 2.24) is 0 Å². The molecule has 0 atom stereocenters. The lowest BCUT2D eigenvalue weighted by atomic mass is 10.0. The van der Waals surface area contributed by atoms with E-state index in [1.54, 1.807) is 31.4 Å². The van der Waals surface area contributed by atoms with Crippen LogP contribution in [0.5, 0.6) is 0 Å². The summed E-state index contributed by atoms with van der Waals surface area (Å²) in [6.07, 6.45) is 4.92. The fourth-order valence-electron chi connectivity index (χ4n) is 3.41. The third kappa shape index (κ3) is 4.25. The van der Waals surface area contributed by atoms with Crippen LogP contribution >= 0.6 is 0 Å². The number of ether oxygens (including phenoxy) is 1. The highest BCUT2D eigenvalue weighted by Gasteiger charge is 2.13. The average molecular weight is 399 g/mol. The van der Waals surface area contributed by atoms with Crippen LogP contribution in [0, 0.1) is 0 Å². The molecule has 1 N–H and O–H groups in total. The molecule has 150 valence electrons. The van der Waals surface area contributed by atoms with Crippen molar-refractivity contribution in [2.75, 3.05) is 11.9 Å². The number of esters is 1. The maximum absolute atomic E-state index is 12.6. The molecule has 0 fully saturated rings. The molecule has 5 nitrogen and oxygen atoms in total. The van der Waals surface area contributed by atoms with Crippen LogP contribution in [0.3, 0.4) is 0 Å². The van der Waals surface area contributed by atoms with Crippen molar-refractivity contribution >= 4 is 45.4 Å². The van der Waals surface area contributed by atoms with E-state index in [0.717, 1.165) is 32.9 Å². The molecule has 30 heavy (non-hydrogen) atoms. The Morgan fingerprint density at radius 3 is 2.63 bits per heavy atom. The lowest BCUT2D eigenvalue weighted by Gasteiger charge is -2.06. The van der Waals surface area contributed by atoms with E-state index in [4.69, 9.17) is 9.15 Å². The van der Waals surface area contributed by atoms with Crippen molar-refractivity contribution in [3.8, 4) is 0 Å². The number of fused-ring (bicyclic) bond motifs is 3. The second-order valence-corrected chi connectivity index (χ2v) is 6.85. The van der Waals surface area contributed by atoms with Crippen molar-refractivity contribution in [1.29, 1.82) is 0 Å². The van der Waals surface area contributed by atoms with E-state index in [1.807, 2.05) is 48.5 Å². The first-order valence-corrected chi connectivity index (χ1v) is 9.76. The van der Waals surface area contributed by atoms with Gasteiger partial charge in [-0.1, -0.05) is 42.5 Å². The summed E-state index contributed by atoms with van der Waals surface area (Å²) in [5.74, 6) is -0.504. The molecule has 0 saturated carbocycles. The van der Waals surface area contributed by atoms with Gasteiger partial charge in [0.2, 0.25) is 5.91 Å². The molecule has 0 aliphatic carbocycles. The number of hydrogen-bond acceptors (Lipinski definition) is 4. The number of hydrogen-bond donors (Lipinski definition) is 1. The van der Waals surface area contributed by atoms with E-state index >= 15 is 0 Å². The second-order valence-electron chi connectivity index (χ2n) is 6.85. The summed E-state index contributed by atoms with van der Waals surface area (Å²) < 4.78 is 10.5. The van der Waals surface area contributed by atoms with Gasteiger partial charge in [0, 0.05) is 22.7 Å². The normalized spacial score (nSPS) is 11.2. The summed E-state index contributed by atoms with van der Waals surface area (Å²) in [6, 6.07) is 19.3. The first kappa shape index (κ1) is 19.5. The molecule has 0 bridgehead atoms. The highest BCUT2D eigenvalue weighted by Crippen LogP contribution is 2.30. The Morgan fingerprint density at radius 1 is 1.03 bits per heavy atom. The summed E-state index contributed by atoms with van der Waals surface area (Å²) in [5, 5.41) is 6.07. The van der Waals surface area contributed by atoms with Crippen LogP contribution in [0.1, 0.15) is 18.1 Å². The number of carbonyl (C=O) groups is 2. The molecule has 5 heteroatoms. The maximum Gasteiger partial charge on any atom is 0.330 e. The molecule has 4 aromatic rings. The van der Waals surface area contributed by atoms with Gasteiger partial charge in [0.25, 0.3) is 0 Å². The SMILES string of the molecule is CCOC(=O)C=Cc1ccc(NC(=O)Cc2coc3ccc4ccccc4c23)cc1. The average Bonchev–Trinajstić information content (AvgIpc) is 3.16. The zero-order valence-electron chi connectivity index (χ0n) is 16.6. The summed E-state index contributed by atoms with van der Waals surface area (Å²) in [5.41, 5.74) is 3.15. The second kappa shape index (κ2) is 8.66. The molecule has 1 aromatic heterocycles. The van der Waals surface area contributed by atoms with Crippen LogP contribution in [0.15, 0.2) is 77.4 Å². The molecule has 3 aromatic carbocycles. The molecule has 0 aliphatic rings. The number of amides is 1. The van der Waals surface area contributed by atoms with Crippen LogP contribution in [0.2, 0.25) is 0 Å². The lowest BCUT2D eigenvalue weighted by molar-refractivity contribution is -0.137. The molecular formula is C25H21NO4. The van der Waals surface area contributed by atoms with Gasteiger partial charge in [-0.15, -0.1) is 0 Å². The molecule has 1 heterocycles. The molecule has 4 rings (SSSR count). The first-order valence-electron chi connectivity index (χ1n) is 9.76. The van der Waals surface area contributed by atoms with Crippen LogP contribution in [-0.2, 0) is 20.7 Å². The number of furan rings is 1. The Morgan fingerprint density at radius 2 is 1.83 bits per heavy atom. The molecule has 0 aliphatic heterocycles. The number of anilines is 1. The van der Waals surface area contributed by atoms with Crippen LogP contribution in [0.4, 0.5) is 5.69 Å². The summed E-state index contributed by atoms with van der Waals surface area (Å²) in [7, 11) is 0. The molecule has 0 saturated heterocycles. The standard InChI is InChI=1S/C25H21NO4/c1-2-29-24(28)14-9-17-7-11-20(12-8-17)26-23(27)15-19-16-30-22-13-10-18-5-3-4-6-21(18)25(19)22/h3-14,16H,2,15H2,1H3,(H,26,27). The number of rotatable bonds is 6. The largest absolute Gasteiger partial charge is 0.464 e. The minimum absolute atomic E-state index is 0.125. The third-order valence-corrected chi connectivity index (χ3v) is 4.78. The smallest absolute Gasteiger partial charge is 0.330 e. The molecular weight excluding hydrogens is 378 g/mol. The fourth-order valence-corrected chi connectivity index (χ4v) is 3.41. The Balaban J connectivity index is 1.46. The van der Waals surface area contributed by atoms with Crippen LogP contribution in [-0.4, -0.2) is 18.5 Å². The third-order valence-electron chi connectivity index (χ3n) is 4.78. The van der Waals surface area contributed by atoms with Gasteiger partial charge in [-0.25, -0.2) is 4.79 Å². The quantitative estimate of drug-likeness (QED) is 0.351. The highest BCUT2D eigenvalue weighted by atomic mass is 16.5. The van der Waals surface area contributed by atoms with Crippen LogP contribution in [0.25, 0.3) is 27.8 Å². The highest BCUT2D eigenvalue weighted by molar-refractivity contribution is 6.09. The van der Waals surface area contributed by atoms with Gasteiger partial charge >= 0.3 is 5.97 Å². The van der Waals surface area contributed by atoms with Gasteiger partial charge in [0.1, 0.15) is 5.58 Å². The summed E-state index contributed by atoms with van der Waals surface area (Å²) in [6.45, 7) is 2.11. The van der Waals surface area contributed by atoms with Crippen molar-refractivity contribution in [3.05, 3.63) is 84.1 Å². The lowest BCUT2D eigenvalue weighted by Crippen LogP contribution is -2.14. The van der Waals surface area contributed by atoms with E-state index in [1.165, 1.54) is 6.08 Å². The summed E-state index contributed by atoms with van der Waals surface area (Å²) >= 11 is 0. The topological polar surface area (TPSA) is 68.5 Å². The number of nitrogens with one attached hydrogen (secondary N) is 1. The van der Waals surface area contributed by atoms with Gasteiger partial charge in [-0.05, 0) is 47.5 Å². The Bertz CT molecular complexity index is 1240. The Kier molecular flexibility index (Phi) is 5.61.